The maximum Gasteiger partial charge on any atom is 0.193 e. The summed E-state index contributed by atoms with van der Waals surface area (Å²) < 4.78 is 2.04. The van der Waals surface area contributed by atoms with E-state index in [1.54, 1.807) is 6.20 Å². The molecule has 1 saturated heterocycles. The third-order valence-electron chi connectivity index (χ3n) is 4.51. The average Bonchev–Trinajstić information content (AvgIpc) is 3.12. The quantitative estimate of drug-likeness (QED) is 0.700. The molecule has 0 radical (unpaired) electrons. The molecule has 2 heterocycles. The van der Waals surface area contributed by atoms with Crippen molar-refractivity contribution in [1.29, 1.82) is 0 Å². The van der Waals surface area contributed by atoms with Crippen LogP contribution in [0.4, 0.5) is 0 Å². The third-order valence-corrected chi connectivity index (χ3v) is 4.51. The summed E-state index contributed by atoms with van der Waals surface area (Å²) in [6.45, 7) is 5.26. The lowest BCUT2D eigenvalue weighted by Gasteiger charge is -2.33. The van der Waals surface area contributed by atoms with Crippen molar-refractivity contribution >= 4 is 5.96 Å². The third kappa shape index (κ3) is 3.73. The summed E-state index contributed by atoms with van der Waals surface area (Å²) in [5, 5.41) is 3.51. The normalized spacial score (nSPS) is 16.6. The van der Waals surface area contributed by atoms with Gasteiger partial charge in [0, 0.05) is 39.1 Å². The molecule has 0 amide bonds. The Hall–Kier alpha value is -2.30. The predicted octanol–water partition coefficient (Wildman–Crippen LogP) is 2.68. The summed E-state index contributed by atoms with van der Waals surface area (Å²) in [6, 6.07) is 8.39. The number of likely N-dealkylation sites (tertiary alicyclic amines) is 1. The van der Waals surface area contributed by atoms with Crippen LogP contribution in [0.25, 0.3) is 5.69 Å². The van der Waals surface area contributed by atoms with Gasteiger partial charge in [-0.1, -0.05) is 25.1 Å². The van der Waals surface area contributed by atoms with E-state index in [4.69, 9.17) is 0 Å². The van der Waals surface area contributed by atoms with Gasteiger partial charge in [-0.2, -0.15) is 0 Å². The van der Waals surface area contributed by atoms with Crippen molar-refractivity contribution in [1.82, 2.24) is 19.8 Å². The van der Waals surface area contributed by atoms with Crippen LogP contribution >= 0.6 is 0 Å². The Morgan fingerprint density at radius 3 is 2.78 bits per heavy atom. The second-order valence-corrected chi connectivity index (χ2v) is 6.17. The van der Waals surface area contributed by atoms with Gasteiger partial charge in [0.15, 0.2) is 5.96 Å². The van der Waals surface area contributed by atoms with Crippen LogP contribution in [0.5, 0.6) is 0 Å². The summed E-state index contributed by atoms with van der Waals surface area (Å²) in [6.07, 6.45) is 8.09. The van der Waals surface area contributed by atoms with Crippen LogP contribution in [-0.2, 0) is 6.54 Å². The fourth-order valence-corrected chi connectivity index (χ4v) is 3.04. The van der Waals surface area contributed by atoms with Crippen molar-refractivity contribution in [2.75, 3.05) is 20.1 Å². The maximum atomic E-state index is 4.46. The van der Waals surface area contributed by atoms with Gasteiger partial charge in [0.05, 0.1) is 12.0 Å². The van der Waals surface area contributed by atoms with Crippen molar-refractivity contribution < 1.29 is 0 Å². The first kappa shape index (κ1) is 15.6. The summed E-state index contributed by atoms with van der Waals surface area (Å²) in [4.78, 5) is 11.0. The van der Waals surface area contributed by atoms with Gasteiger partial charge < -0.3 is 14.8 Å². The Labute approximate surface area is 138 Å². The molecule has 1 aromatic heterocycles. The number of para-hydroxylation sites is 1. The fraction of sp³-hybridized carbons (Fsp3) is 0.444. The number of hydrogen-bond acceptors (Lipinski definition) is 2. The lowest BCUT2D eigenvalue weighted by Crippen LogP contribution is -2.45. The number of aliphatic imine (C=N–C) groups is 1. The SMILES string of the molecule is CN=C(NCc1ccccc1-n1ccnc1)N1CCC(C)CC1. The van der Waals surface area contributed by atoms with Crippen molar-refractivity contribution in [2.45, 2.75) is 26.3 Å². The molecule has 122 valence electrons. The maximum absolute atomic E-state index is 4.46. The van der Waals surface area contributed by atoms with E-state index in [0.717, 1.165) is 37.2 Å². The van der Waals surface area contributed by atoms with Gasteiger partial charge in [-0.05, 0) is 30.4 Å². The fourth-order valence-electron chi connectivity index (χ4n) is 3.04. The molecule has 2 aromatic rings. The standard InChI is InChI=1S/C18H25N5/c1-15-7-10-22(11-8-15)18(19-2)21-13-16-5-3-4-6-17(16)23-12-9-20-14-23/h3-6,9,12,14-15H,7-8,10-11,13H2,1-2H3,(H,19,21). The molecular weight excluding hydrogens is 286 g/mol. The Kier molecular flexibility index (Phi) is 4.95. The van der Waals surface area contributed by atoms with E-state index in [2.05, 4.69) is 51.4 Å². The average molecular weight is 311 g/mol. The molecule has 0 saturated carbocycles. The minimum atomic E-state index is 0.757. The van der Waals surface area contributed by atoms with Crippen molar-refractivity contribution in [2.24, 2.45) is 10.9 Å². The van der Waals surface area contributed by atoms with Crippen molar-refractivity contribution in [3.8, 4) is 5.69 Å². The number of nitrogens with one attached hydrogen (secondary N) is 1. The van der Waals surface area contributed by atoms with Crippen LogP contribution in [-0.4, -0.2) is 40.5 Å². The molecule has 3 rings (SSSR count). The van der Waals surface area contributed by atoms with Gasteiger partial charge in [0.1, 0.15) is 0 Å². The van der Waals surface area contributed by atoms with E-state index in [0.29, 0.717) is 0 Å². The van der Waals surface area contributed by atoms with Crippen molar-refractivity contribution in [3.05, 3.63) is 48.5 Å². The zero-order chi connectivity index (χ0) is 16.1. The molecule has 23 heavy (non-hydrogen) atoms. The van der Waals surface area contributed by atoms with E-state index >= 15 is 0 Å². The highest BCUT2D eigenvalue weighted by atomic mass is 15.3. The minimum absolute atomic E-state index is 0.757. The van der Waals surface area contributed by atoms with E-state index < -0.39 is 0 Å². The molecule has 1 N–H and O–H groups in total. The molecule has 1 aliphatic heterocycles. The van der Waals surface area contributed by atoms with Gasteiger partial charge in [0.25, 0.3) is 0 Å². The monoisotopic (exact) mass is 311 g/mol. The Morgan fingerprint density at radius 2 is 2.09 bits per heavy atom. The lowest BCUT2D eigenvalue weighted by molar-refractivity contribution is 0.273. The van der Waals surface area contributed by atoms with Gasteiger partial charge in [-0.3, -0.25) is 4.99 Å². The summed E-state index contributed by atoms with van der Waals surface area (Å²) in [5.74, 6) is 1.82. The van der Waals surface area contributed by atoms with Crippen LogP contribution < -0.4 is 5.32 Å². The molecule has 0 spiro atoms. The molecular formula is C18H25N5. The first-order chi connectivity index (χ1) is 11.3. The van der Waals surface area contributed by atoms with Crippen molar-refractivity contribution in [3.63, 3.8) is 0 Å². The van der Waals surface area contributed by atoms with Crippen LogP contribution in [0.1, 0.15) is 25.3 Å². The molecule has 1 aliphatic rings. The van der Waals surface area contributed by atoms with E-state index in [-0.39, 0.29) is 0 Å². The van der Waals surface area contributed by atoms with E-state index in [1.807, 2.05) is 24.1 Å². The highest BCUT2D eigenvalue weighted by Gasteiger charge is 2.18. The highest BCUT2D eigenvalue weighted by molar-refractivity contribution is 5.80. The number of rotatable bonds is 3. The predicted molar refractivity (Wildman–Crippen MR) is 93.7 cm³/mol. The summed E-state index contributed by atoms with van der Waals surface area (Å²) >= 11 is 0. The smallest absolute Gasteiger partial charge is 0.193 e. The lowest BCUT2D eigenvalue weighted by atomic mass is 9.99. The summed E-state index contributed by atoms with van der Waals surface area (Å²) in [7, 11) is 1.86. The zero-order valence-electron chi connectivity index (χ0n) is 13.9. The number of aromatic nitrogens is 2. The first-order valence-electron chi connectivity index (χ1n) is 8.29. The molecule has 1 aromatic carbocycles. The number of benzene rings is 1. The Balaban J connectivity index is 1.68. The number of piperidine rings is 1. The molecule has 1 fully saturated rings. The van der Waals surface area contributed by atoms with Crippen LogP contribution in [0.2, 0.25) is 0 Å². The molecule has 5 nitrogen and oxygen atoms in total. The second kappa shape index (κ2) is 7.31. The van der Waals surface area contributed by atoms with Crippen LogP contribution in [0.15, 0.2) is 48.0 Å². The number of hydrogen-bond donors (Lipinski definition) is 1. The number of guanidine groups is 1. The van der Waals surface area contributed by atoms with Crippen LogP contribution in [0.3, 0.4) is 0 Å². The van der Waals surface area contributed by atoms with E-state index in [1.165, 1.54) is 18.4 Å². The van der Waals surface area contributed by atoms with Gasteiger partial charge in [0.2, 0.25) is 0 Å². The van der Waals surface area contributed by atoms with Gasteiger partial charge in [-0.25, -0.2) is 4.98 Å². The highest BCUT2D eigenvalue weighted by Crippen LogP contribution is 2.17. The zero-order valence-corrected chi connectivity index (χ0v) is 13.9. The molecule has 5 heteroatoms. The van der Waals surface area contributed by atoms with E-state index in [9.17, 15) is 0 Å². The number of imidazole rings is 1. The van der Waals surface area contributed by atoms with Crippen LogP contribution in [0, 0.1) is 5.92 Å². The molecule has 0 bridgehead atoms. The first-order valence-corrected chi connectivity index (χ1v) is 8.29. The molecule has 0 aliphatic carbocycles. The Morgan fingerprint density at radius 1 is 1.30 bits per heavy atom. The summed E-state index contributed by atoms with van der Waals surface area (Å²) in [5.41, 5.74) is 2.39. The van der Waals surface area contributed by atoms with Gasteiger partial charge in [-0.15, -0.1) is 0 Å². The molecule has 0 unspecified atom stereocenters. The number of nitrogens with zero attached hydrogens (tertiary/aromatic N) is 4. The van der Waals surface area contributed by atoms with Gasteiger partial charge >= 0.3 is 0 Å². The molecule has 0 atom stereocenters. The topological polar surface area (TPSA) is 45.5 Å². The Bertz CT molecular complexity index is 639. The largest absolute Gasteiger partial charge is 0.352 e. The second-order valence-electron chi connectivity index (χ2n) is 6.17. The minimum Gasteiger partial charge on any atom is -0.352 e.